The number of aromatic carboxylic acids is 2. The van der Waals surface area contributed by atoms with Gasteiger partial charge in [-0.3, -0.25) is 4.98 Å². The molecular formula is C20H13NO7. The van der Waals surface area contributed by atoms with Crippen LogP contribution in [0.25, 0.3) is 0 Å². The van der Waals surface area contributed by atoms with Gasteiger partial charge in [0.2, 0.25) is 0 Å². The predicted octanol–water partition coefficient (Wildman–Crippen LogP) is 3.49. The molecule has 1 aromatic heterocycles. The highest BCUT2D eigenvalue weighted by atomic mass is 16.5. The van der Waals surface area contributed by atoms with Crippen LogP contribution in [0.5, 0.6) is 17.2 Å². The highest BCUT2D eigenvalue weighted by Crippen LogP contribution is 2.25. The standard InChI is InChI=1S/C20H13NO7/c22-18(23)13-8-14(19(24)25)10-17(9-13)27-15-5-3-12(4-6-15)20(26)28-16-2-1-7-21-11-16/h1-11H,(H,22,23)(H,24,25). The Bertz CT molecular complexity index is 998. The van der Waals surface area contributed by atoms with Crippen molar-refractivity contribution >= 4 is 17.9 Å². The monoisotopic (exact) mass is 379 g/mol. The van der Waals surface area contributed by atoms with E-state index in [-0.39, 0.29) is 28.2 Å². The molecule has 0 aliphatic carbocycles. The molecule has 0 atom stereocenters. The van der Waals surface area contributed by atoms with Crippen LogP contribution >= 0.6 is 0 Å². The Labute approximate surface area is 158 Å². The molecule has 0 amide bonds. The van der Waals surface area contributed by atoms with Crippen LogP contribution in [-0.4, -0.2) is 33.1 Å². The molecule has 8 nitrogen and oxygen atoms in total. The molecule has 0 aliphatic heterocycles. The number of carbonyl (C=O) groups is 3. The van der Waals surface area contributed by atoms with Crippen molar-refractivity contribution in [3.05, 3.63) is 83.7 Å². The lowest BCUT2D eigenvalue weighted by molar-refractivity contribution is 0.0692. The number of carbonyl (C=O) groups excluding carboxylic acids is 1. The van der Waals surface area contributed by atoms with Crippen molar-refractivity contribution < 1.29 is 34.1 Å². The van der Waals surface area contributed by atoms with Gasteiger partial charge >= 0.3 is 17.9 Å². The van der Waals surface area contributed by atoms with Crippen LogP contribution in [0, 0.1) is 0 Å². The van der Waals surface area contributed by atoms with Crippen LogP contribution < -0.4 is 9.47 Å². The van der Waals surface area contributed by atoms with E-state index in [4.69, 9.17) is 19.7 Å². The fourth-order valence-electron chi connectivity index (χ4n) is 2.27. The summed E-state index contributed by atoms with van der Waals surface area (Å²) < 4.78 is 10.7. The summed E-state index contributed by atoms with van der Waals surface area (Å²) in [6.07, 6.45) is 2.96. The van der Waals surface area contributed by atoms with Crippen molar-refractivity contribution in [1.29, 1.82) is 0 Å². The highest BCUT2D eigenvalue weighted by molar-refractivity contribution is 5.94. The van der Waals surface area contributed by atoms with Crippen molar-refractivity contribution in [3.8, 4) is 17.2 Å². The van der Waals surface area contributed by atoms with Crippen molar-refractivity contribution in [3.63, 3.8) is 0 Å². The van der Waals surface area contributed by atoms with Crippen molar-refractivity contribution in [2.45, 2.75) is 0 Å². The molecule has 0 spiro atoms. The second-order valence-electron chi connectivity index (χ2n) is 5.56. The van der Waals surface area contributed by atoms with Gasteiger partial charge in [0.15, 0.2) is 0 Å². The van der Waals surface area contributed by atoms with Gasteiger partial charge in [-0.25, -0.2) is 14.4 Å². The Morgan fingerprint density at radius 2 is 1.39 bits per heavy atom. The lowest BCUT2D eigenvalue weighted by atomic mass is 10.1. The maximum absolute atomic E-state index is 12.1. The van der Waals surface area contributed by atoms with Crippen molar-refractivity contribution in [2.75, 3.05) is 0 Å². The number of carboxylic acid groups (broad SMARTS) is 2. The maximum Gasteiger partial charge on any atom is 0.343 e. The van der Waals surface area contributed by atoms with Crippen LogP contribution in [0.1, 0.15) is 31.1 Å². The van der Waals surface area contributed by atoms with E-state index in [0.717, 1.165) is 6.07 Å². The first kappa shape index (κ1) is 18.6. The first-order valence-corrected chi connectivity index (χ1v) is 7.94. The average Bonchev–Trinajstić information content (AvgIpc) is 2.69. The van der Waals surface area contributed by atoms with Crippen LogP contribution in [0.2, 0.25) is 0 Å². The number of rotatable bonds is 6. The number of benzene rings is 2. The minimum atomic E-state index is -1.28. The molecule has 0 fully saturated rings. The summed E-state index contributed by atoms with van der Waals surface area (Å²) in [6, 6.07) is 12.6. The van der Waals surface area contributed by atoms with Crippen LogP contribution in [-0.2, 0) is 0 Å². The van der Waals surface area contributed by atoms with Gasteiger partial charge in [0.1, 0.15) is 17.2 Å². The lowest BCUT2D eigenvalue weighted by Gasteiger charge is -2.09. The van der Waals surface area contributed by atoms with E-state index >= 15 is 0 Å². The third-order valence-electron chi connectivity index (χ3n) is 3.57. The molecule has 0 unspecified atom stereocenters. The number of pyridine rings is 1. The van der Waals surface area contributed by atoms with E-state index < -0.39 is 17.9 Å². The Morgan fingerprint density at radius 1 is 0.750 bits per heavy atom. The number of hydrogen-bond acceptors (Lipinski definition) is 6. The molecule has 140 valence electrons. The Kier molecular flexibility index (Phi) is 5.31. The van der Waals surface area contributed by atoms with Crippen LogP contribution in [0.4, 0.5) is 0 Å². The first-order valence-electron chi connectivity index (χ1n) is 7.94. The van der Waals surface area contributed by atoms with Crippen LogP contribution in [0.15, 0.2) is 67.0 Å². The molecule has 28 heavy (non-hydrogen) atoms. The number of hydrogen-bond donors (Lipinski definition) is 2. The molecule has 2 N–H and O–H groups in total. The molecule has 0 aliphatic rings. The fourth-order valence-corrected chi connectivity index (χ4v) is 2.27. The Morgan fingerprint density at radius 3 is 1.93 bits per heavy atom. The predicted molar refractivity (Wildman–Crippen MR) is 96.1 cm³/mol. The summed E-state index contributed by atoms with van der Waals surface area (Å²) in [5, 5.41) is 18.2. The molecule has 2 aromatic carbocycles. The molecule has 3 aromatic rings. The summed E-state index contributed by atoms with van der Waals surface area (Å²) in [6.45, 7) is 0. The van der Waals surface area contributed by atoms with Gasteiger partial charge in [-0.2, -0.15) is 0 Å². The molecule has 3 rings (SSSR count). The number of nitrogens with zero attached hydrogens (tertiary/aromatic N) is 1. The fraction of sp³-hybridized carbons (Fsp3) is 0. The summed E-state index contributed by atoms with van der Waals surface area (Å²) in [5.41, 5.74) is -0.167. The van der Waals surface area contributed by atoms with E-state index in [1.54, 1.807) is 18.3 Å². The molecular weight excluding hydrogens is 366 g/mol. The molecule has 1 heterocycles. The normalized spacial score (nSPS) is 10.1. The maximum atomic E-state index is 12.1. The summed E-state index contributed by atoms with van der Waals surface area (Å²) >= 11 is 0. The average molecular weight is 379 g/mol. The van der Waals surface area contributed by atoms with Gasteiger partial charge in [-0.1, -0.05) is 0 Å². The third-order valence-corrected chi connectivity index (χ3v) is 3.57. The topological polar surface area (TPSA) is 123 Å². The third kappa shape index (κ3) is 4.50. The molecule has 8 heteroatoms. The number of esters is 1. The minimum absolute atomic E-state index is 0.0444. The summed E-state index contributed by atoms with van der Waals surface area (Å²) in [4.78, 5) is 38.2. The van der Waals surface area contributed by atoms with Gasteiger partial charge in [0.05, 0.1) is 22.9 Å². The zero-order chi connectivity index (χ0) is 20.1. The molecule has 0 radical (unpaired) electrons. The molecule has 0 saturated carbocycles. The SMILES string of the molecule is O=C(O)c1cc(Oc2ccc(C(=O)Oc3cccnc3)cc2)cc(C(=O)O)c1. The number of carboxylic acids is 2. The number of aromatic nitrogens is 1. The van der Waals surface area contributed by atoms with E-state index in [1.165, 1.54) is 42.6 Å². The van der Waals surface area contributed by atoms with Gasteiger partial charge in [0.25, 0.3) is 0 Å². The smallest absolute Gasteiger partial charge is 0.343 e. The quantitative estimate of drug-likeness (QED) is 0.624. The first-order chi connectivity index (χ1) is 13.4. The largest absolute Gasteiger partial charge is 0.478 e. The zero-order valence-electron chi connectivity index (χ0n) is 14.2. The van der Waals surface area contributed by atoms with E-state index in [0.29, 0.717) is 5.75 Å². The Hall–Kier alpha value is -4.20. The highest BCUT2D eigenvalue weighted by Gasteiger charge is 2.13. The van der Waals surface area contributed by atoms with Crippen molar-refractivity contribution in [1.82, 2.24) is 4.98 Å². The van der Waals surface area contributed by atoms with Gasteiger partial charge in [-0.05, 0) is 54.6 Å². The second-order valence-corrected chi connectivity index (χ2v) is 5.56. The van der Waals surface area contributed by atoms with Gasteiger partial charge < -0.3 is 19.7 Å². The van der Waals surface area contributed by atoms with E-state index in [2.05, 4.69) is 4.98 Å². The van der Waals surface area contributed by atoms with Crippen molar-refractivity contribution in [2.24, 2.45) is 0 Å². The molecule has 0 bridgehead atoms. The van der Waals surface area contributed by atoms with Crippen LogP contribution in [0.3, 0.4) is 0 Å². The van der Waals surface area contributed by atoms with E-state index in [1.807, 2.05) is 0 Å². The number of ether oxygens (including phenoxy) is 2. The van der Waals surface area contributed by atoms with Gasteiger partial charge in [0, 0.05) is 6.20 Å². The second kappa shape index (κ2) is 8.00. The minimum Gasteiger partial charge on any atom is -0.478 e. The van der Waals surface area contributed by atoms with Gasteiger partial charge in [-0.15, -0.1) is 0 Å². The van der Waals surface area contributed by atoms with E-state index in [9.17, 15) is 14.4 Å². The summed E-state index contributed by atoms with van der Waals surface area (Å²) in [7, 11) is 0. The summed E-state index contributed by atoms with van der Waals surface area (Å²) in [5.74, 6) is -2.50. The molecule has 0 saturated heterocycles. The lowest BCUT2D eigenvalue weighted by Crippen LogP contribution is -2.08. The zero-order valence-corrected chi connectivity index (χ0v) is 14.2. The Balaban J connectivity index is 1.76.